The summed E-state index contributed by atoms with van der Waals surface area (Å²) in [7, 11) is 0. The van der Waals surface area contributed by atoms with Crippen LogP contribution in [0, 0.1) is 0 Å². The van der Waals surface area contributed by atoms with Gasteiger partial charge in [-0.25, -0.2) is 0 Å². The third kappa shape index (κ3) is 4.74. The first kappa shape index (κ1) is 14.9. The maximum Gasteiger partial charge on any atom is 0.245 e. The maximum absolute atomic E-state index is 4.40. The predicted molar refractivity (Wildman–Crippen MR) is 90.0 cm³/mol. The van der Waals surface area contributed by atoms with E-state index in [0.29, 0.717) is 18.3 Å². The van der Waals surface area contributed by atoms with Crippen LogP contribution in [0.2, 0.25) is 0 Å². The van der Waals surface area contributed by atoms with Crippen molar-refractivity contribution in [1.29, 1.82) is 0 Å². The Hall–Kier alpha value is -3.02. The Morgan fingerprint density at radius 1 is 0.913 bits per heavy atom. The van der Waals surface area contributed by atoms with Crippen molar-refractivity contribution in [3.8, 4) is 0 Å². The van der Waals surface area contributed by atoms with Crippen LogP contribution in [0.25, 0.3) is 0 Å². The highest BCUT2D eigenvalue weighted by molar-refractivity contribution is 5.37. The number of benzene rings is 1. The molecule has 116 valence electrons. The lowest BCUT2D eigenvalue weighted by atomic mass is 10.1. The van der Waals surface area contributed by atoms with Crippen molar-refractivity contribution in [2.24, 2.45) is 0 Å². The highest BCUT2D eigenvalue weighted by Crippen LogP contribution is 2.06. The molecule has 1 aromatic carbocycles. The van der Waals surface area contributed by atoms with Crippen molar-refractivity contribution in [3.63, 3.8) is 0 Å². The van der Waals surface area contributed by atoms with Crippen LogP contribution in [0.4, 0.5) is 11.8 Å². The normalized spacial score (nSPS) is 10.3. The van der Waals surface area contributed by atoms with Gasteiger partial charge in [-0.05, 0) is 24.1 Å². The minimum Gasteiger partial charge on any atom is -0.368 e. The van der Waals surface area contributed by atoms with E-state index in [9.17, 15) is 0 Å². The number of nitrogens with zero attached hydrogens (tertiary/aromatic N) is 4. The minimum absolute atomic E-state index is 0.486. The average molecular weight is 306 g/mol. The third-order valence-electron chi connectivity index (χ3n) is 3.28. The first-order chi connectivity index (χ1) is 11.4. The van der Waals surface area contributed by atoms with E-state index in [1.165, 1.54) is 5.56 Å². The Bertz CT molecular complexity index is 717. The molecule has 0 aliphatic carbocycles. The Labute approximate surface area is 135 Å². The molecule has 0 bridgehead atoms. The molecule has 3 rings (SSSR count). The highest BCUT2D eigenvalue weighted by atomic mass is 15.3. The van der Waals surface area contributed by atoms with Gasteiger partial charge >= 0.3 is 0 Å². The number of hydrogen-bond donors (Lipinski definition) is 2. The number of rotatable bonds is 7. The van der Waals surface area contributed by atoms with Crippen LogP contribution >= 0.6 is 0 Å². The second kappa shape index (κ2) is 7.84. The molecule has 0 aliphatic rings. The van der Waals surface area contributed by atoms with Crippen LogP contribution in [-0.4, -0.2) is 26.7 Å². The van der Waals surface area contributed by atoms with Gasteiger partial charge in [-0.1, -0.05) is 36.4 Å². The average Bonchev–Trinajstić information content (AvgIpc) is 2.62. The van der Waals surface area contributed by atoms with Gasteiger partial charge in [-0.3, -0.25) is 4.98 Å². The van der Waals surface area contributed by atoms with Crippen molar-refractivity contribution in [1.82, 2.24) is 20.2 Å². The van der Waals surface area contributed by atoms with Gasteiger partial charge < -0.3 is 10.6 Å². The van der Waals surface area contributed by atoms with Crippen LogP contribution in [0.1, 0.15) is 11.3 Å². The van der Waals surface area contributed by atoms with Crippen molar-refractivity contribution < 1.29 is 0 Å². The molecule has 0 unspecified atom stereocenters. The fraction of sp³-hybridized carbons (Fsp3) is 0.176. The van der Waals surface area contributed by atoms with Crippen molar-refractivity contribution >= 4 is 11.8 Å². The van der Waals surface area contributed by atoms with Crippen LogP contribution in [-0.2, 0) is 13.0 Å². The molecule has 3 aromatic rings. The molecule has 2 aromatic heterocycles. The zero-order valence-corrected chi connectivity index (χ0v) is 12.7. The SMILES string of the molecule is c1ccc(CCNc2cnnc(NCc3ccccn3)n2)cc1. The zero-order valence-electron chi connectivity index (χ0n) is 12.7. The van der Waals surface area contributed by atoms with E-state index in [1.807, 2.05) is 36.4 Å². The first-order valence-electron chi connectivity index (χ1n) is 7.51. The largest absolute Gasteiger partial charge is 0.368 e. The molecular weight excluding hydrogens is 288 g/mol. The summed E-state index contributed by atoms with van der Waals surface area (Å²) in [6.07, 6.45) is 4.32. The maximum atomic E-state index is 4.40. The molecule has 23 heavy (non-hydrogen) atoms. The summed E-state index contributed by atoms with van der Waals surface area (Å²) in [6.45, 7) is 1.36. The van der Waals surface area contributed by atoms with Crippen LogP contribution in [0.15, 0.2) is 60.9 Å². The van der Waals surface area contributed by atoms with Gasteiger partial charge in [0.2, 0.25) is 5.95 Å². The van der Waals surface area contributed by atoms with E-state index in [2.05, 4.69) is 42.9 Å². The lowest BCUT2D eigenvalue weighted by molar-refractivity contribution is 0.919. The minimum atomic E-state index is 0.486. The van der Waals surface area contributed by atoms with Crippen LogP contribution in [0.3, 0.4) is 0 Å². The monoisotopic (exact) mass is 306 g/mol. The van der Waals surface area contributed by atoms with E-state index >= 15 is 0 Å². The van der Waals surface area contributed by atoms with Gasteiger partial charge in [0.25, 0.3) is 0 Å². The van der Waals surface area contributed by atoms with Crippen molar-refractivity contribution in [3.05, 3.63) is 72.2 Å². The summed E-state index contributed by atoms with van der Waals surface area (Å²) >= 11 is 0. The molecule has 6 heteroatoms. The molecule has 0 aliphatic heterocycles. The van der Waals surface area contributed by atoms with E-state index < -0.39 is 0 Å². The predicted octanol–water partition coefficient (Wildman–Crippen LogP) is 2.53. The van der Waals surface area contributed by atoms with Crippen molar-refractivity contribution in [2.75, 3.05) is 17.2 Å². The summed E-state index contributed by atoms with van der Waals surface area (Å²) in [5, 5.41) is 14.3. The van der Waals surface area contributed by atoms with Crippen LogP contribution in [0.5, 0.6) is 0 Å². The number of nitrogens with one attached hydrogen (secondary N) is 2. The summed E-state index contributed by atoms with van der Waals surface area (Å²) in [5.41, 5.74) is 2.22. The molecule has 0 saturated carbocycles. The molecule has 0 fully saturated rings. The van der Waals surface area contributed by atoms with Gasteiger partial charge in [-0.15, -0.1) is 5.10 Å². The topological polar surface area (TPSA) is 75.6 Å². The highest BCUT2D eigenvalue weighted by Gasteiger charge is 2.01. The van der Waals surface area contributed by atoms with Gasteiger partial charge in [0.15, 0.2) is 5.82 Å². The summed E-state index contributed by atoms with van der Waals surface area (Å²) in [4.78, 5) is 8.64. The Kier molecular flexibility index (Phi) is 5.08. The van der Waals surface area contributed by atoms with Crippen molar-refractivity contribution in [2.45, 2.75) is 13.0 Å². The van der Waals surface area contributed by atoms with Gasteiger partial charge in [0.05, 0.1) is 18.4 Å². The molecule has 0 spiro atoms. The van der Waals surface area contributed by atoms with E-state index in [-0.39, 0.29) is 0 Å². The zero-order chi connectivity index (χ0) is 15.7. The molecule has 2 heterocycles. The van der Waals surface area contributed by atoms with Gasteiger partial charge in [0.1, 0.15) is 0 Å². The molecule has 2 N–H and O–H groups in total. The summed E-state index contributed by atoms with van der Waals surface area (Å²) in [6, 6.07) is 16.1. The standard InChI is InChI=1S/C17H18N6/c1-2-6-14(7-3-1)9-11-19-16-13-21-23-17(22-16)20-12-15-8-4-5-10-18-15/h1-8,10,13H,9,11-12H2,(H2,19,20,22,23). The number of pyridine rings is 1. The smallest absolute Gasteiger partial charge is 0.245 e. The van der Waals surface area contributed by atoms with E-state index in [4.69, 9.17) is 0 Å². The molecule has 0 amide bonds. The quantitative estimate of drug-likeness (QED) is 0.698. The van der Waals surface area contributed by atoms with Gasteiger partial charge in [0, 0.05) is 12.7 Å². The molecule has 6 nitrogen and oxygen atoms in total. The third-order valence-corrected chi connectivity index (χ3v) is 3.28. The Balaban J connectivity index is 1.51. The molecule has 0 saturated heterocycles. The first-order valence-corrected chi connectivity index (χ1v) is 7.51. The van der Waals surface area contributed by atoms with E-state index in [1.54, 1.807) is 12.4 Å². The fourth-order valence-electron chi connectivity index (χ4n) is 2.12. The second-order valence-corrected chi connectivity index (χ2v) is 5.00. The Morgan fingerprint density at radius 2 is 1.78 bits per heavy atom. The lowest BCUT2D eigenvalue weighted by Crippen LogP contribution is -2.10. The number of aromatic nitrogens is 4. The second-order valence-electron chi connectivity index (χ2n) is 5.00. The van der Waals surface area contributed by atoms with E-state index in [0.717, 1.165) is 18.7 Å². The molecule has 0 atom stereocenters. The summed E-state index contributed by atoms with van der Waals surface area (Å²) < 4.78 is 0. The summed E-state index contributed by atoms with van der Waals surface area (Å²) in [5.74, 6) is 1.19. The fourth-order valence-corrected chi connectivity index (χ4v) is 2.12. The number of anilines is 2. The Morgan fingerprint density at radius 3 is 2.61 bits per heavy atom. The number of hydrogen-bond acceptors (Lipinski definition) is 6. The molecule has 0 radical (unpaired) electrons. The van der Waals surface area contributed by atoms with Gasteiger partial charge in [-0.2, -0.15) is 10.1 Å². The molecular formula is C17H18N6. The van der Waals surface area contributed by atoms with Crippen LogP contribution < -0.4 is 10.6 Å². The lowest BCUT2D eigenvalue weighted by Gasteiger charge is -2.07.